The predicted molar refractivity (Wildman–Crippen MR) is 43.6 cm³/mol. The SMILES string of the molecule is [2H]C([2H])([2H])c1cc(Cl)nc(SC)n1. The summed E-state index contributed by atoms with van der Waals surface area (Å²) >= 11 is 6.88. The van der Waals surface area contributed by atoms with Crippen LogP contribution >= 0.6 is 23.4 Å². The van der Waals surface area contributed by atoms with Gasteiger partial charge in [0.05, 0.1) is 0 Å². The zero-order valence-electron chi connectivity index (χ0n) is 8.26. The van der Waals surface area contributed by atoms with E-state index in [2.05, 4.69) is 9.97 Å². The summed E-state index contributed by atoms with van der Waals surface area (Å²) in [5, 5.41) is 0.532. The summed E-state index contributed by atoms with van der Waals surface area (Å²) in [6.07, 6.45) is 1.76. The largest absolute Gasteiger partial charge is 0.228 e. The van der Waals surface area contributed by atoms with Crippen molar-refractivity contribution in [2.45, 2.75) is 12.0 Å². The molecule has 0 amide bonds. The number of rotatable bonds is 1. The minimum atomic E-state index is -2.23. The van der Waals surface area contributed by atoms with Gasteiger partial charge in [-0.05, 0) is 19.2 Å². The molecule has 0 fully saturated rings. The third-order valence-electron chi connectivity index (χ3n) is 0.857. The first-order valence-electron chi connectivity index (χ1n) is 4.02. The van der Waals surface area contributed by atoms with E-state index in [9.17, 15) is 0 Å². The van der Waals surface area contributed by atoms with Gasteiger partial charge in [-0.1, -0.05) is 23.4 Å². The fraction of sp³-hybridized carbons (Fsp3) is 0.333. The number of hydrogen-bond acceptors (Lipinski definition) is 3. The van der Waals surface area contributed by atoms with Gasteiger partial charge in [-0.15, -0.1) is 0 Å². The molecule has 2 nitrogen and oxygen atoms in total. The van der Waals surface area contributed by atoms with E-state index in [1.807, 2.05) is 0 Å². The summed E-state index contributed by atoms with van der Waals surface area (Å²) in [4.78, 5) is 7.66. The van der Waals surface area contributed by atoms with Crippen molar-refractivity contribution >= 4 is 23.4 Å². The molecule has 0 aromatic carbocycles. The summed E-state index contributed by atoms with van der Waals surface area (Å²) in [5.41, 5.74) is -0.0168. The third kappa shape index (κ3) is 1.85. The Morgan fingerprint density at radius 2 is 2.50 bits per heavy atom. The fourth-order valence-electron chi connectivity index (χ4n) is 0.488. The molecule has 0 saturated carbocycles. The first-order chi connectivity index (χ1) is 5.93. The number of aromatic nitrogens is 2. The number of thioether (sulfide) groups is 1. The standard InChI is InChI=1S/C6H7ClN2S/c1-4-3-5(7)9-6(8-4)10-2/h3H,1-2H3/i1D3. The zero-order valence-corrected chi connectivity index (χ0v) is 6.83. The molecule has 4 heteroatoms. The first-order valence-corrected chi connectivity index (χ1v) is 4.13. The lowest BCUT2D eigenvalue weighted by atomic mass is 10.5. The number of aryl methyl sites for hydroxylation is 1. The van der Waals surface area contributed by atoms with Crippen LogP contribution in [0.15, 0.2) is 11.2 Å². The van der Waals surface area contributed by atoms with Gasteiger partial charge in [-0.2, -0.15) is 0 Å². The maximum Gasteiger partial charge on any atom is 0.188 e. The molecule has 1 rings (SSSR count). The molecule has 0 aliphatic heterocycles. The highest BCUT2D eigenvalue weighted by Gasteiger charge is 1.96. The van der Waals surface area contributed by atoms with E-state index in [1.165, 1.54) is 17.8 Å². The molecule has 0 aliphatic carbocycles. The van der Waals surface area contributed by atoms with Gasteiger partial charge in [0.15, 0.2) is 5.16 Å². The Morgan fingerprint density at radius 1 is 1.70 bits per heavy atom. The van der Waals surface area contributed by atoms with Crippen molar-refractivity contribution < 1.29 is 4.11 Å². The van der Waals surface area contributed by atoms with Crippen LogP contribution in [-0.2, 0) is 0 Å². The maximum atomic E-state index is 7.12. The first kappa shape index (κ1) is 4.57. The molecule has 54 valence electrons. The third-order valence-corrected chi connectivity index (χ3v) is 1.60. The Bertz CT molecular complexity index is 315. The van der Waals surface area contributed by atoms with Crippen LogP contribution in [0, 0.1) is 6.85 Å². The van der Waals surface area contributed by atoms with Crippen molar-refractivity contribution in [3.8, 4) is 0 Å². The van der Waals surface area contributed by atoms with E-state index in [4.69, 9.17) is 15.7 Å². The van der Waals surface area contributed by atoms with E-state index in [0.717, 1.165) is 0 Å². The lowest BCUT2D eigenvalue weighted by Gasteiger charge is -1.96. The molecular formula is C6H7ClN2S. The van der Waals surface area contributed by atoms with Crippen LogP contribution in [0.1, 0.15) is 9.81 Å². The molecule has 0 aliphatic rings. The fourth-order valence-corrected chi connectivity index (χ4v) is 1.10. The van der Waals surface area contributed by atoms with Crippen molar-refractivity contribution in [2.24, 2.45) is 0 Å². The van der Waals surface area contributed by atoms with Crippen LogP contribution in [0.3, 0.4) is 0 Å². The second-order valence-electron chi connectivity index (χ2n) is 1.56. The molecule has 1 heterocycles. The van der Waals surface area contributed by atoms with Gasteiger partial charge < -0.3 is 0 Å². The van der Waals surface area contributed by atoms with Gasteiger partial charge in [-0.3, -0.25) is 0 Å². The molecule has 0 radical (unpaired) electrons. The van der Waals surface area contributed by atoms with Gasteiger partial charge >= 0.3 is 0 Å². The zero-order chi connectivity index (χ0) is 10.1. The van der Waals surface area contributed by atoms with E-state index in [-0.39, 0.29) is 10.8 Å². The Balaban J connectivity index is 3.16. The number of halogens is 1. The maximum absolute atomic E-state index is 7.12. The second kappa shape index (κ2) is 3.21. The van der Waals surface area contributed by atoms with Crippen LogP contribution < -0.4 is 0 Å². The van der Waals surface area contributed by atoms with Crippen LogP contribution in [0.25, 0.3) is 0 Å². The summed E-state index contributed by atoms with van der Waals surface area (Å²) in [5.74, 6) is 0. The average molecular weight is 178 g/mol. The van der Waals surface area contributed by atoms with Crippen molar-refractivity contribution in [3.05, 3.63) is 16.9 Å². The Kier molecular flexibility index (Phi) is 1.47. The van der Waals surface area contributed by atoms with Gasteiger partial charge in [0.1, 0.15) is 5.15 Å². The summed E-state index contributed by atoms with van der Waals surface area (Å²) in [6, 6.07) is 1.26. The summed E-state index contributed by atoms with van der Waals surface area (Å²) < 4.78 is 21.3. The molecule has 0 saturated heterocycles. The topological polar surface area (TPSA) is 25.8 Å². The van der Waals surface area contributed by atoms with Crippen molar-refractivity contribution in [3.63, 3.8) is 0 Å². The Hall–Kier alpha value is -0.280. The lowest BCUT2D eigenvalue weighted by Crippen LogP contribution is -1.88. The molecule has 0 atom stereocenters. The minimum absolute atomic E-state index is 0.0168. The lowest BCUT2D eigenvalue weighted by molar-refractivity contribution is 0.935. The van der Waals surface area contributed by atoms with Gasteiger partial charge in [0.25, 0.3) is 0 Å². The quantitative estimate of drug-likeness (QED) is 0.374. The van der Waals surface area contributed by atoms with E-state index in [1.54, 1.807) is 6.26 Å². The van der Waals surface area contributed by atoms with Crippen LogP contribution in [-0.4, -0.2) is 16.2 Å². The molecule has 0 bridgehead atoms. The number of nitrogens with zero attached hydrogens (tertiary/aromatic N) is 2. The Morgan fingerprint density at radius 3 is 3.10 bits per heavy atom. The molecule has 1 aromatic heterocycles. The molecule has 0 spiro atoms. The molecular weight excluding hydrogens is 168 g/mol. The van der Waals surface area contributed by atoms with Crippen LogP contribution in [0.5, 0.6) is 0 Å². The van der Waals surface area contributed by atoms with E-state index in [0.29, 0.717) is 5.16 Å². The predicted octanol–water partition coefficient (Wildman–Crippen LogP) is 2.16. The number of hydrogen-bond donors (Lipinski definition) is 0. The van der Waals surface area contributed by atoms with Crippen molar-refractivity contribution in [1.29, 1.82) is 0 Å². The van der Waals surface area contributed by atoms with Crippen molar-refractivity contribution in [2.75, 3.05) is 6.26 Å². The average Bonchev–Trinajstić information content (AvgIpc) is 2.01. The van der Waals surface area contributed by atoms with Crippen LogP contribution in [0.4, 0.5) is 0 Å². The van der Waals surface area contributed by atoms with Gasteiger partial charge in [-0.25, -0.2) is 9.97 Å². The molecule has 0 unspecified atom stereocenters. The Labute approximate surface area is 73.2 Å². The highest BCUT2D eigenvalue weighted by Crippen LogP contribution is 2.12. The van der Waals surface area contributed by atoms with Gasteiger partial charge in [0, 0.05) is 9.81 Å². The highest BCUT2D eigenvalue weighted by molar-refractivity contribution is 7.98. The van der Waals surface area contributed by atoms with Crippen molar-refractivity contribution in [1.82, 2.24) is 9.97 Å². The monoisotopic (exact) mass is 177 g/mol. The van der Waals surface area contributed by atoms with E-state index < -0.39 is 6.85 Å². The molecule has 1 aromatic rings. The van der Waals surface area contributed by atoms with E-state index >= 15 is 0 Å². The van der Waals surface area contributed by atoms with Crippen LogP contribution in [0.2, 0.25) is 5.15 Å². The van der Waals surface area contributed by atoms with Gasteiger partial charge in [0.2, 0.25) is 0 Å². The smallest absolute Gasteiger partial charge is 0.188 e. The molecule has 0 N–H and O–H groups in total. The highest BCUT2D eigenvalue weighted by atomic mass is 35.5. The minimum Gasteiger partial charge on any atom is -0.228 e. The summed E-state index contributed by atoms with van der Waals surface area (Å²) in [6.45, 7) is -2.23. The normalized spacial score (nSPS) is 15.6. The second-order valence-corrected chi connectivity index (χ2v) is 2.72. The summed E-state index contributed by atoms with van der Waals surface area (Å²) in [7, 11) is 0. The molecule has 10 heavy (non-hydrogen) atoms.